The molecule has 0 spiro atoms. The van der Waals surface area contributed by atoms with E-state index < -0.39 is 5.97 Å². The summed E-state index contributed by atoms with van der Waals surface area (Å²) in [7, 11) is 0. The van der Waals surface area contributed by atoms with E-state index in [1.54, 1.807) is 6.07 Å². The van der Waals surface area contributed by atoms with Crippen molar-refractivity contribution in [3.63, 3.8) is 0 Å². The lowest BCUT2D eigenvalue weighted by Gasteiger charge is -2.21. The smallest absolute Gasteiger partial charge is 0.317 e. The molecule has 0 amide bonds. The molecule has 1 aliphatic rings. The van der Waals surface area contributed by atoms with E-state index >= 15 is 0 Å². The molecule has 1 aliphatic carbocycles. The van der Waals surface area contributed by atoms with Crippen LogP contribution in [0.3, 0.4) is 0 Å². The zero-order valence-electron chi connectivity index (χ0n) is 11.1. The number of benzene rings is 2. The molecule has 1 fully saturated rings. The summed E-state index contributed by atoms with van der Waals surface area (Å²) >= 11 is 0. The number of carboxylic acid groups (broad SMARTS) is 1. The third-order valence-electron chi connectivity index (χ3n) is 3.78. The SMILES string of the molecule is O=C(O)CN(Cc1c(O)ccc2ccccc12)C1CC1. The van der Waals surface area contributed by atoms with Crippen molar-refractivity contribution in [2.75, 3.05) is 6.54 Å². The molecule has 20 heavy (non-hydrogen) atoms. The van der Waals surface area contributed by atoms with Crippen molar-refractivity contribution < 1.29 is 15.0 Å². The van der Waals surface area contributed by atoms with Gasteiger partial charge in [0.1, 0.15) is 5.75 Å². The fraction of sp³-hybridized carbons (Fsp3) is 0.312. The highest BCUT2D eigenvalue weighted by molar-refractivity contribution is 5.87. The number of nitrogens with zero attached hydrogens (tertiary/aromatic N) is 1. The Morgan fingerprint density at radius 1 is 1.20 bits per heavy atom. The van der Waals surface area contributed by atoms with Gasteiger partial charge in [-0.15, -0.1) is 0 Å². The Balaban J connectivity index is 1.96. The first kappa shape index (κ1) is 12.9. The third kappa shape index (κ3) is 2.60. The van der Waals surface area contributed by atoms with E-state index in [2.05, 4.69) is 0 Å². The van der Waals surface area contributed by atoms with Crippen molar-refractivity contribution in [3.8, 4) is 5.75 Å². The Hall–Kier alpha value is -2.07. The molecular weight excluding hydrogens is 254 g/mol. The minimum Gasteiger partial charge on any atom is -0.508 e. The molecule has 104 valence electrons. The van der Waals surface area contributed by atoms with Gasteiger partial charge >= 0.3 is 5.97 Å². The van der Waals surface area contributed by atoms with Crippen LogP contribution in [0.25, 0.3) is 10.8 Å². The van der Waals surface area contributed by atoms with E-state index in [4.69, 9.17) is 5.11 Å². The minimum absolute atomic E-state index is 0.0212. The molecule has 0 radical (unpaired) electrons. The van der Waals surface area contributed by atoms with E-state index in [0.717, 1.165) is 29.2 Å². The van der Waals surface area contributed by atoms with Crippen molar-refractivity contribution in [1.29, 1.82) is 0 Å². The van der Waals surface area contributed by atoms with E-state index in [0.29, 0.717) is 12.6 Å². The Labute approximate surface area is 117 Å². The first-order valence-electron chi connectivity index (χ1n) is 6.80. The highest BCUT2D eigenvalue weighted by Crippen LogP contribution is 2.33. The van der Waals surface area contributed by atoms with Crippen molar-refractivity contribution in [1.82, 2.24) is 4.90 Å². The molecule has 4 heteroatoms. The molecule has 2 aromatic rings. The molecule has 3 rings (SSSR count). The predicted octanol–water partition coefficient (Wildman–Crippen LogP) is 2.59. The lowest BCUT2D eigenvalue weighted by Crippen LogP contribution is -2.31. The molecule has 4 nitrogen and oxygen atoms in total. The maximum absolute atomic E-state index is 11.0. The molecule has 2 N–H and O–H groups in total. The average molecular weight is 271 g/mol. The number of phenols is 1. The van der Waals surface area contributed by atoms with Gasteiger partial charge in [-0.2, -0.15) is 0 Å². The molecular formula is C16H17NO3. The Morgan fingerprint density at radius 3 is 2.65 bits per heavy atom. The van der Waals surface area contributed by atoms with Gasteiger partial charge in [-0.3, -0.25) is 9.69 Å². The number of rotatable bonds is 5. The normalized spacial score (nSPS) is 14.8. The average Bonchev–Trinajstić information content (AvgIpc) is 3.25. The van der Waals surface area contributed by atoms with Gasteiger partial charge in [0.25, 0.3) is 0 Å². The number of carboxylic acids is 1. The predicted molar refractivity (Wildman–Crippen MR) is 76.7 cm³/mol. The van der Waals surface area contributed by atoms with Gasteiger partial charge in [0.15, 0.2) is 0 Å². The van der Waals surface area contributed by atoms with Crippen molar-refractivity contribution in [2.45, 2.75) is 25.4 Å². The number of aliphatic carboxylic acids is 1. The second kappa shape index (κ2) is 5.13. The Kier molecular flexibility index (Phi) is 3.32. The fourth-order valence-corrected chi connectivity index (χ4v) is 2.62. The van der Waals surface area contributed by atoms with Crippen LogP contribution >= 0.6 is 0 Å². The van der Waals surface area contributed by atoms with Crippen LogP contribution in [0.4, 0.5) is 0 Å². The van der Waals surface area contributed by atoms with Crippen LogP contribution in [-0.4, -0.2) is 33.7 Å². The standard InChI is InChI=1S/C16H17NO3/c18-15-8-5-11-3-1-2-4-13(11)14(15)9-17(10-16(19)20)12-6-7-12/h1-5,8,12,18H,6-7,9-10H2,(H,19,20). The second-order valence-corrected chi connectivity index (χ2v) is 5.31. The van der Waals surface area contributed by atoms with E-state index in [1.807, 2.05) is 35.2 Å². The summed E-state index contributed by atoms with van der Waals surface area (Å²) in [6.45, 7) is 0.498. The van der Waals surface area contributed by atoms with Crippen molar-refractivity contribution in [3.05, 3.63) is 42.0 Å². The van der Waals surface area contributed by atoms with Crippen LogP contribution in [0.5, 0.6) is 5.75 Å². The lowest BCUT2D eigenvalue weighted by atomic mass is 10.0. The van der Waals surface area contributed by atoms with Crippen molar-refractivity contribution >= 4 is 16.7 Å². The third-order valence-corrected chi connectivity index (χ3v) is 3.78. The molecule has 0 unspecified atom stereocenters. The summed E-state index contributed by atoms with van der Waals surface area (Å²) in [6, 6.07) is 11.8. The Morgan fingerprint density at radius 2 is 1.95 bits per heavy atom. The van der Waals surface area contributed by atoms with Crippen LogP contribution < -0.4 is 0 Å². The molecule has 2 aromatic carbocycles. The first-order valence-corrected chi connectivity index (χ1v) is 6.80. The number of fused-ring (bicyclic) bond motifs is 1. The fourth-order valence-electron chi connectivity index (χ4n) is 2.62. The molecule has 0 aromatic heterocycles. The summed E-state index contributed by atoms with van der Waals surface area (Å²) in [5.74, 6) is -0.587. The van der Waals surface area contributed by atoms with Gasteiger partial charge in [0.05, 0.1) is 6.54 Å². The minimum atomic E-state index is -0.823. The topological polar surface area (TPSA) is 60.8 Å². The van der Waals surface area contributed by atoms with Gasteiger partial charge < -0.3 is 10.2 Å². The van der Waals surface area contributed by atoms with Gasteiger partial charge in [0, 0.05) is 18.2 Å². The number of aromatic hydroxyl groups is 1. The van der Waals surface area contributed by atoms with Crippen LogP contribution in [0.2, 0.25) is 0 Å². The first-order chi connectivity index (χ1) is 9.65. The maximum Gasteiger partial charge on any atom is 0.317 e. The van der Waals surface area contributed by atoms with Crippen LogP contribution in [0.15, 0.2) is 36.4 Å². The van der Waals surface area contributed by atoms with E-state index in [1.165, 1.54) is 0 Å². The summed E-state index contributed by atoms with van der Waals surface area (Å²) in [4.78, 5) is 12.9. The van der Waals surface area contributed by atoms with Gasteiger partial charge in [-0.25, -0.2) is 0 Å². The van der Waals surface area contributed by atoms with Gasteiger partial charge in [0.2, 0.25) is 0 Å². The quantitative estimate of drug-likeness (QED) is 0.877. The van der Waals surface area contributed by atoms with Crippen molar-refractivity contribution in [2.24, 2.45) is 0 Å². The highest BCUT2D eigenvalue weighted by atomic mass is 16.4. The molecule has 0 bridgehead atoms. The second-order valence-electron chi connectivity index (χ2n) is 5.31. The molecule has 0 atom stereocenters. The lowest BCUT2D eigenvalue weighted by molar-refractivity contribution is -0.138. The van der Waals surface area contributed by atoms with Crippen LogP contribution in [0.1, 0.15) is 18.4 Å². The van der Waals surface area contributed by atoms with E-state index in [-0.39, 0.29) is 12.3 Å². The summed E-state index contributed by atoms with van der Waals surface area (Å²) in [5, 5.41) is 21.2. The van der Waals surface area contributed by atoms with Gasteiger partial charge in [-0.05, 0) is 29.7 Å². The van der Waals surface area contributed by atoms with Gasteiger partial charge in [-0.1, -0.05) is 30.3 Å². The summed E-state index contributed by atoms with van der Waals surface area (Å²) in [5.41, 5.74) is 0.816. The number of hydrogen-bond acceptors (Lipinski definition) is 3. The molecule has 0 saturated heterocycles. The number of phenolic OH excluding ortho intramolecular Hbond substituents is 1. The monoisotopic (exact) mass is 271 g/mol. The Bertz CT molecular complexity index is 649. The number of hydrogen-bond donors (Lipinski definition) is 2. The summed E-state index contributed by atoms with van der Waals surface area (Å²) < 4.78 is 0. The van der Waals surface area contributed by atoms with E-state index in [9.17, 15) is 9.90 Å². The van der Waals surface area contributed by atoms with Crippen LogP contribution in [0, 0.1) is 0 Å². The zero-order chi connectivity index (χ0) is 14.1. The zero-order valence-corrected chi connectivity index (χ0v) is 11.1. The molecule has 1 saturated carbocycles. The molecule has 0 aliphatic heterocycles. The summed E-state index contributed by atoms with van der Waals surface area (Å²) in [6.07, 6.45) is 2.08. The van der Waals surface area contributed by atoms with Crippen LogP contribution in [-0.2, 0) is 11.3 Å². The maximum atomic E-state index is 11.0. The molecule has 0 heterocycles. The largest absolute Gasteiger partial charge is 0.508 e. The highest BCUT2D eigenvalue weighted by Gasteiger charge is 2.31. The number of carbonyl (C=O) groups is 1.